The molecule has 0 spiro atoms. The van der Waals surface area contributed by atoms with Crippen LogP contribution in [0.4, 0.5) is 5.82 Å². The second-order valence-corrected chi connectivity index (χ2v) is 10.2. The Morgan fingerprint density at radius 2 is 1.64 bits per heavy atom. The second kappa shape index (κ2) is 11.4. The molecule has 3 aromatic carbocycles. The summed E-state index contributed by atoms with van der Waals surface area (Å²) in [7, 11) is 2.06. The average Bonchev–Trinajstić information content (AvgIpc) is 3.76. The summed E-state index contributed by atoms with van der Waals surface area (Å²) in [5.74, 6) is 2.23. The first-order chi connectivity index (χ1) is 17.6. The molecule has 0 radical (unpaired) electrons. The maximum Gasteiger partial charge on any atom is 0.251 e. The lowest BCUT2D eigenvalue weighted by molar-refractivity contribution is 0.0951. The van der Waals surface area contributed by atoms with Crippen LogP contribution in [-0.4, -0.2) is 29.5 Å². The minimum absolute atomic E-state index is 0.000831. The number of nitrogens with one attached hydrogen (secondary N) is 1. The van der Waals surface area contributed by atoms with E-state index in [1.54, 1.807) is 11.8 Å². The molecule has 5 rings (SSSR count). The molecule has 182 valence electrons. The zero-order valence-corrected chi connectivity index (χ0v) is 21.2. The predicted molar refractivity (Wildman–Crippen MR) is 147 cm³/mol. The normalized spacial score (nSPS) is 12.8. The van der Waals surface area contributed by atoms with E-state index >= 15 is 0 Å². The van der Waals surface area contributed by atoms with Crippen molar-refractivity contribution in [1.29, 1.82) is 0 Å². The van der Waals surface area contributed by atoms with Crippen molar-refractivity contribution in [3.05, 3.63) is 108 Å². The monoisotopic (exact) mass is 494 g/mol. The van der Waals surface area contributed by atoms with Crippen LogP contribution >= 0.6 is 11.8 Å². The van der Waals surface area contributed by atoms with E-state index in [2.05, 4.69) is 53.7 Å². The molecule has 0 unspecified atom stereocenters. The Hall–Kier alpha value is -3.64. The first-order valence-electron chi connectivity index (χ1n) is 12.3. The summed E-state index contributed by atoms with van der Waals surface area (Å²) in [4.78, 5) is 24.4. The molecule has 6 heteroatoms. The molecule has 0 aliphatic heterocycles. The Bertz CT molecular complexity index is 1310. The maximum absolute atomic E-state index is 12.5. The standard InChI is InChI=1S/C30H30N4OS/c1-34(20-23-9-4-2-5-10-23)28-18-27(25-12-6-3-7-13-25)32-30(33-28)36-21-24-11-8-14-26(17-24)29(35)31-19-22-15-16-22/h2-14,17-18,22H,15-16,19-21H2,1H3,(H,31,35). The zero-order valence-electron chi connectivity index (χ0n) is 20.4. The van der Waals surface area contributed by atoms with Crippen molar-refractivity contribution in [2.24, 2.45) is 5.92 Å². The lowest BCUT2D eigenvalue weighted by Crippen LogP contribution is -2.25. The topological polar surface area (TPSA) is 58.1 Å². The highest BCUT2D eigenvalue weighted by Gasteiger charge is 2.22. The highest BCUT2D eigenvalue weighted by Crippen LogP contribution is 2.29. The highest BCUT2D eigenvalue weighted by molar-refractivity contribution is 7.98. The Labute approximate surface area is 217 Å². The van der Waals surface area contributed by atoms with Crippen LogP contribution in [0, 0.1) is 5.92 Å². The smallest absolute Gasteiger partial charge is 0.251 e. The number of hydrogen-bond acceptors (Lipinski definition) is 5. The van der Waals surface area contributed by atoms with Crippen LogP contribution in [-0.2, 0) is 12.3 Å². The molecule has 5 nitrogen and oxygen atoms in total. The third kappa shape index (κ3) is 6.52. The Balaban J connectivity index is 1.34. The first-order valence-corrected chi connectivity index (χ1v) is 13.3. The molecule has 1 fully saturated rings. The molecule has 4 aromatic rings. The van der Waals surface area contributed by atoms with E-state index in [-0.39, 0.29) is 5.91 Å². The van der Waals surface area contributed by atoms with E-state index in [4.69, 9.17) is 9.97 Å². The van der Waals surface area contributed by atoms with Crippen molar-refractivity contribution in [2.45, 2.75) is 30.3 Å². The van der Waals surface area contributed by atoms with E-state index < -0.39 is 0 Å². The second-order valence-electron chi connectivity index (χ2n) is 9.24. The number of amides is 1. The molecular weight excluding hydrogens is 464 g/mol. The summed E-state index contributed by atoms with van der Waals surface area (Å²) < 4.78 is 0. The van der Waals surface area contributed by atoms with Gasteiger partial charge in [-0.05, 0) is 42.0 Å². The number of thioether (sulfide) groups is 1. The van der Waals surface area contributed by atoms with Gasteiger partial charge in [0.05, 0.1) is 5.69 Å². The summed E-state index contributed by atoms with van der Waals surface area (Å²) in [5, 5.41) is 3.77. The van der Waals surface area contributed by atoms with Gasteiger partial charge in [0.15, 0.2) is 5.16 Å². The molecule has 1 aliphatic carbocycles. The van der Waals surface area contributed by atoms with Crippen LogP contribution in [0.25, 0.3) is 11.3 Å². The number of carbonyl (C=O) groups is 1. The van der Waals surface area contributed by atoms with Crippen molar-refractivity contribution in [3.63, 3.8) is 0 Å². The fraction of sp³-hybridized carbons (Fsp3) is 0.233. The summed E-state index contributed by atoms with van der Waals surface area (Å²) in [6.45, 7) is 1.53. The van der Waals surface area contributed by atoms with Gasteiger partial charge in [0, 0.05) is 43.1 Å². The lowest BCUT2D eigenvalue weighted by Gasteiger charge is -2.20. The van der Waals surface area contributed by atoms with Crippen LogP contribution in [0.3, 0.4) is 0 Å². The third-order valence-electron chi connectivity index (χ3n) is 6.22. The molecule has 1 amide bonds. The molecular formula is C30H30N4OS. The number of hydrogen-bond donors (Lipinski definition) is 1. The third-order valence-corrected chi connectivity index (χ3v) is 7.14. The van der Waals surface area contributed by atoms with Gasteiger partial charge >= 0.3 is 0 Å². The number of carbonyl (C=O) groups excluding carboxylic acids is 1. The largest absolute Gasteiger partial charge is 0.355 e. The number of nitrogens with zero attached hydrogens (tertiary/aromatic N) is 3. The van der Waals surface area contributed by atoms with Crippen LogP contribution in [0.1, 0.15) is 34.3 Å². The van der Waals surface area contributed by atoms with Gasteiger partial charge in [0.1, 0.15) is 5.82 Å². The average molecular weight is 495 g/mol. The van der Waals surface area contributed by atoms with Crippen LogP contribution in [0.15, 0.2) is 96.2 Å². The molecule has 0 saturated heterocycles. The van der Waals surface area contributed by atoms with Gasteiger partial charge in [-0.25, -0.2) is 9.97 Å². The summed E-state index contributed by atoms with van der Waals surface area (Å²) in [6, 6.07) is 30.5. The first kappa shape index (κ1) is 24.1. The summed E-state index contributed by atoms with van der Waals surface area (Å²) in [5.41, 5.74) is 4.97. The predicted octanol–water partition coefficient (Wildman–Crippen LogP) is 6.21. The molecule has 1 aromatic heterocycles. The molecule has 36 heavy (non-hydrogen) atoms. The summed E-state index contributed by atoms with van der Waals surface area (Å²) in [6.07, 6.45) is 2.45. The SMILES string of the molecule is CN(Cc1ccccc1)c1cc(-c2ccccc2)nc(SCc2cccc(C(=O)NCC3CC3)c2)n1. The zero-order chi connectivity index (χ0) is 24.7. The van der Waals surface area contributed by atoms with Crippen molar-refractivity contribution >= 4 is 23.5 Å². The van der Waals surface area contributed by atoms with Crippen molar-refractivity contribution in [3.8, 4) is 11.3 Å². The Morgan fingerprint density at radius 3 is 2.39 bits per heavy atom. The minimum atomic E-state index is 0.000831. The number of anilines is 1. The highest BCUT2D eigenvalue weighted by atomic mass is 32.2. The Morgan fingerprint density at radius 1 is 0.917 bits per heavy atom. The van der Waals surface area contributed by atoms with Gasteiger partial charge in [-0.15, -0.1) is 0 Å². The number of benzene rings is 3. The van der Waals surface area contributed by atoms with Gasteiger partial charge in [0.25, 0.3) is 5.91 Å². The number of rotatable bonds is 10. The molecule has 0 atom stereocenters. The van der Waals surface area contributed by atoms with Crippen LogP contribution in [0.5, 0.6) is 0 Å². The maximum atomic E-state index is 12.5. The van der Waals surface area contributed by atoms with E-state index in [0.29, 0.717) is 17.2 Å². The van der Waals surface area contributed by atoms with Crippen molar-refractivity contribution in [2.75, 3.05) is 18.5 Å². The van der Waals surface area contributed by atoms with Gasteiger partial charge < -0.3 is 10.2 Å². The van der Waals surface area contributed by atoms with E-state index in [1.165, 1.54) is 18.4 Å². The van der Waals surface area contributed by atoms with Crippen LogP contribution in [0.2, 0.25) is 0 Å². The molecule has 0 bridgehead atoms. The molecule has 1 saturated carbocycles. The van der Waals surface area contributed by atoms with Gasteiger partial charge in [0.2, 0.25) is 0 Å². The lowest BCUT2D eigenvalue weighted by atomic mass is 10.1. The van der Waals surface area contributed by atoms with Crippen LogP contribution < -0.4 is 10.2 Å². The number of aromatic nitrogens is 2. The van der Waals surface area contributed by atoms with Gasteiger partial charge in [-0.2, -0.15) is 0 Å². The molecule has 1 N–H and O–H groups in total. The van der Waals surface area contributed by atoms with Gasteiger partial charge in [-0.3, -0.25) is 4.79 Å². The van der Waals surface area contributed by atoms with E-state index in [0.717, 1.165) is 40.9 Å². The minimum Gasteiger partial charge on any atom is -0.355 e. The van der Waals surface area contributed by atoms with Crippen molar-refractivity contribution in [1.82, 2.24) is 15.3 Å². The van der Waals surface area contributed by atoms with E-state index in [9.17, 15) is 4.79 Å². The van der Waals surface area contributed by atoms with E-state index in [1.807, 2.05) is 54.6 Å². The van der Waals surface area contributed by atoms with Gasteiger partial charge in [-0.1, -0.05) is 84.6 Å². The molecule has 1 aliphatic rings. The Kier molecular flexibility index (Phi) is 7.62. The fourth-order valence-corrected chi connectivity index (χ4v) is 4.78. The molecule has 1 heterocycles. The summed E-state index contributed by atoms with van der Waals surface area (Å²) >= 11 is 1.59. The van der Waals surface area contributed by atoms with Crippen molar-refractivity contribution < 1.29 is 4.79 Å². The fourth-order valence-electron chi connectivity index (χ4n) is 3.98. The quantitative estimate of drug-likeness (QED) is 0.210.